The zero-order chi connectivity index (χ0) is 25.2. The van der Waals surface area contributed by atoms with Gasteiger partial charge in [0.25, 0.3) is 5.91 Å². The van der Waals surface area contributed by atoms with Crippen LogP contribution in [0.15, 0.2) is 85.5 Å². The van der Waals surface area contributed by atoms with Crippen molar-refractivity contribution in [2.75, 3.05) is 19.0 Å². The summed E-state index contributed by atoms with van der Waals surface area (Å²) in [7, 11) is 1.57. The van der Waals surface area contributed by atoms with E-state index in [-0.39, 0.29) is 5.91 Å². The molecule has 0 unspecified atom stereocenters. The number of methoxy groups -OCH3 is 1. The van der Waals surface area contributed by atoms with Gasteiger partial charge in [-0.3, -0.25) is 14.8 Å². The molecule has 8 heteroatoms. The molecule has 0 saturated heterocycles. The number of nitrogens with zero attached hydrogens (tertiary/aromatic N) is 2. The Hall–Kier alpha value is -4.59. The summed E-state index contributed by atoms with van der Waals surface area (Å²) in [6.45, 7) is 2.97. The second-order valence-corrected chi connectivity index (χ2v) is 7.71. The zero-order valence-electron chi connectivity index (χ0n) is 20.1. The van der Waals surface area contributed by atoms with Gasteiger partial charge in [-0.1, -0.05) is 12.1 Å². The van der Waals surface area contributed by atoms with E-state index in [1.54, 1.807) is 68.3 Å². The minimum absolute atomic E-state index is 0.293. The largest absolute Gasteiger partial charge is 0.493 e. The Morgan fingerprint density at radius 2 is 1.42 bits per heavy atom. The SMILES string of the molecule is CCOc1cc(C(=O)Nc2ccc(OC)c(OCc3cccnc3)c2)ccc1OCc1cccnc1. The van der Waals surface area contributed by atoms with Gasteiger partial charge in [-0.25, -0.2) is 0 Å². The molecule has 2 heterocycles. The number of nitrogens with one attached hydrogen (secondary N) is 1. The maximum Gasteiger partial charge on any atom is 0.255 e. The Bertz CT molecular complexity index is 1280. The van der Waals surface area contributed by atoms with Crippen molar-refractivity contribution in [3.63, 3.8) is 0 Å². The Kier molecular flexibility index (Phi) is 8.32. The molecule has 4 aromatic rings. The predicted octanol–water partition coefficient (Wildman–Crippen LogP) is 5.29. The number of amides is 1. The quantitative estimate of drug-likeness (QED) is 0.308. The highest BCUT2D eigenvalue weighted by Gasteiger charge is 2.14. The number of carbonyl (C=O) groups is 1. The van der Waals surface area contributed by atoms with Crippen molar-refractivity contribution in [1.29, 1.82) is 0 Å². The molecule has 184 valence electrons. The summed E-state index contributed by atoms with van der Waals surface area (Å²) in [6.07, 6.45) is 6.89. The van der Waals surface area contributed by atoms with Crippen LogP contribution in [0, 0.1) is 0 Å². The lowest BCUT2D eigenvalue weighted by molar-refractivity contribution is 0.102. The minimum atomic E-state index is -0.293. The third-order valence-electron chi connectivity index (χ3n) is 5.16. The first-order valence-corrected chi connectivity index (χ1v) is 11.5. The number of aromatic nitrogens is 2. The molecule has 0 spiro atoms. The lowest BCUT2D eigenvalue weighted by atomic mass is 10.1. The van der Waals surface area contributed by atoms with E-state index >= 15 is 0 Å². The summed E-state index contributed by atoms with van der Waals surface area (Å²) < 4.78 is 22.9. The van der Waals surface area contributed by atoms with E-state index in [0.29, 0.717) is 54.1 Å². The number of hydrogen-bond donors (Lipinski definition) is 1. The smallest absolute Gasteiger partial charge is 0.255 e. The van der Waals surface area contributed by atoms with E-state index in [9.17, 15) is 4.79 Å². The molecule has 0 aliphatic rings. The van der Waals surface area contributed by atoms with Crippen molar-refractivity contribution < 1.29 is 23.7 Å². The summed E-state index contributed by atoms with van der Waals surface area (Å²) in [5, 5.41) is 2.90. The Morgan fingerprint density at radius 3 is 2.03 bits per heavy atom. The van der Waals surface area contributed by atoms with Crippen molar-refractivity contribution >= 4 is 11.6 Å². The van der Waals surface area contributed by atoms with Gasteiger partial charge in [-0.15, -0.1) is 0 Å². The standard InChI is InChI=1S/C28H27N3O5/c1-3-34-26-14-22(8-10-25(26)35-18-20-6-4-12-29-16-20)28(32)31-23-9-11-24(33-2)27(15-23)36-19-21-7-5-13-30-17-21/h4-17H,3,18-19H2,1-2H3,(H,31,32). The first-order valence-electron chi connectivity index (χ1n) is 11.5. The third kappa shape index (κ3) is 6.50. The number of rotatable bonds is 11. The van der Waals surface area contributed by atoms with Gasteiger partial charge in [0, 0.05) is 53.2 Å². The molecule has 4 rings (SSSR count). The molecule has 0 bridgehead atoms. The van der Waals surface area contributed by atoms with Gasteiger partial charge in [0.2, 0.25) is 0 Å². The normalized spacial score (nSPS) is 10.4. The molecule has 2 aromatic heterocycles. The highest BCUT2D eigenvalue weighted by Crippen LogP contribution is 2.32. The molecule has 1 amide bonds. The molecule has 0 fully saturated rings. The molecule has 2 aromatic carbocycles. The van der Waals surface area contributed by atoms with E-state index < -0.39 is 0 Å². The summed E-state index contributed by atoms with van der Waals surface area (Å²) in [5.74, 6) is 1.81. The summed E-state index contributed by atoms with van der Waals surface area (Å²) >= 11 is 0. The molecular weight excluding hydrogens is 458 g/mol. The summed E-state index contributed by atoms with van der Waals surface area (Å²) in [4.78, 5) is 21.2. The maximum atomic E-state index is 13.0. The molecule has 0 saturated carbocycles. The van der Waals surface area contributed by atoms with E-state index in [1.165, 1.54) is 0 Å². The van der Waals surface area contributed by atoms with Crippen molar-refractivity contribution in [3.8, 4) is 23.0 Å². The number of benzene rings is 2. The van der Waals surface area contributed by atoms with Crippen molar-refractivity contribution in [2.24, 2.45) is 0 Å². The highest BCUT2D eigenvalue weighted by atomic mass is 16.5. The zero-order valence-corrected chi connectivity index (χ0v) is 20.1. The molecular formula is C28H27N3O5. The Morgan fingerprint density at radius 1 is 0.778 bits per heavy atom. The first-order chi connectivity index (χ1) is 17.7. The van der Waals surface area contributed by atoms with Crippen LogP contribution in [0.3, 0.4) is 0 Å². The second kappa shape index (κ2) is 12.2. The molecule has 1 N–H and O–H groups in total. The number of ether oxygens (including phenoxy) is 4. The van der Waals surface area contributed by atoms with Crippen LogP contribution in [0.2, 0.25) is 0 Å². The van der Waals surface area contributed by atoms with Gasteiger partial charge in [-0.2, -0.15) is 0 Å². The van der Waals surface area contributed by atoms with Crippen molar-refractivity contribution in [2.45, 2.75) is 20.1 Å². The molecule has 8 nitrogen and oxygen atoms in total. The third-order valence-corrected chi connectivity index (χ3v) is 5.16. The van der Waals surface area contributed by atoms with Crippen LogP contribution in [-0.4, -0.2) is 29.6 Å². The number of hydrogen-bond acceptors (Lipinski definition) is 7. The van der Waals surface area contributed by atoms with Crippen LogP contribution in [-0.2, 0) is 13.2 Å². The fourth-order valence-corrected chi connectivity index (χ4v) is 3.40. The van der Waals surface area contributed by atoms with E-state index in [0.717, 1.165) is 11.1 Å². The van der Waals surface area contributed by atoms with E-state index in [2.05, 4.69) is 15.3 Å². The van der Waals surface area contributed by atoms with Crippen LogP contribution >= 0.6 is 0 Å². The fraction of sp³-hybridized carbons (Fsp3) is 0.179. The average Bonchev–Trinajstić information content (AvgIpc) is 2.92. The van der Waals surface area contributed by atoms with Crippen molar-refractivity contribution in [3.05, 3.63) is 102 Å². The fourth-order valence-electron chi connectivity index (χ4n) is 3.40. The molecule has 36 heavy (non-hydrogen) atoms. The van der Waals surface area contributed by atoms with Crippen LogP contribution in [0.4, 0.5) is 5.69 Å². The van der Waals surface area contributed by atoms with Gasteiger partial charge < -0.3 is 24.3 Å². The lowest BCUT2D eigenvalue weighted by Crippen LogP contribution is -2.12. The van der Waals surface area contributed by atoms with Crippen LogP contribution in [0.5, 0.6) is 23.0 Å². The maximum absolute atomic E-state index is 13.0. The molecule has 0 radical (unpaired) electrons. The Balaban J connectivity index is 1.46. The number of pyridine rings is 2. The topological polar surface area (TPSA) is 91.8 Å². The van der Waals surface area contributed by atoms with Crippen LogP contribution in [0.25, 0.3) is 0 Å². The lowest BCUT2D eigenvalue weighted by Gasteiger charge is -2.15. The van der Waals surface area contributed by atoms with Gasteiger partial charge in [0.1, 0.15) is 13.2 Å². The minimum Gasteiger partial charge on any atom is -0.493 e. The number of carbonyl (C=O) groups excluding carboxylic acids is 1. The van der Waals surface area contributed by atoms with Crippen LogP contribution < -0.4 is 24.3 Å². The van der Waals surface area contributed by atoms with Crippen molar-refractivity contribution in [1.82, 2.24) is 9.97 Å². The van der Waals surface area contributed by atoms with E-state index in [4.69, 9.17) is 18.9 Å². The monoisotopic (exact) mass is 485 g/mol. The molecule has 0 aliphatic heterocycles. The van der Waals surface area contributed by atoms with Gasteiger partial charge in [0.15, 0.2) is 23.0 Å². The molecule has 0 aliphatic carbocycles. The van der Waals surface area contributed by atoms with Gasteiger partial charge >= 0.3 is 0 Å². The average molecular weight is 486 g/mol. The van der Waals surface area contributed by atoms with Gasteiger partial charge in [0.05, 0.1) is 13.7 Å². The second-order valence-electron chi connectivity index (χ2n) is 7.71. The predicted molar refractivity (Wildman–Crippen MR) is 136 cm³/mol. The van der Waals surface area contributed by atoms with E-state index in [1.807, 2.05) is 31.2 Å². The number of anilines is 1. The Labute approximate surface area is 209 Å². The summed E-state index contributed by atoms with van der Waals surface area (Å²) in [5.41, 5.74) is 2.85. The van der Waals surface area contributed by atoms with Gasteiger partial charge in [-0.05, 0) is 49.4 Å². The molecule has 0 atom stereocenters. The van der Waals surface area contributed by atoms with Crippen LogP contribution in [0.1, 0.15) is 28.4 Å². The highest BCUT2D eigenvalue weighted by molar-refractivity contribution is 6.04. The summed E-state index contributed by atoms with van der Waals surface area (Å²) in [6, 6.07) is 17.9. The first kappa shape index (κ1) is 24.5.